The first-order valence-corrected chi connectivity index (χ1v) is 13.5. The van der Waals surface area contributed by atoms with E-state index in [4.69, 9.17) is 4.99 Å². The second-order valence-electron chi connectivity index (χ2n) is 10.5. The molecular formula is C31H36F2N4. The topological polar surface area (TPSA) is 33.4 Å². The molecule has 194 valence electrons. The second-order valence-corrected chi connectivity index (χ2v) is 10.5. The Morgan fingerprint density at radius 2 is 1.95 bits per heavy atom. The first-order chi connectivity index (χ1) is 17.8. The maximum absolute atomic E-state index is 14.3. The van der Waals surface area contributed by atoms with Crippen LogP contribution in [-0.4, -0.2) is 32.9 Å². The largest absolute Gasteiger partial charge is 0.344 e. The summed E-state index contributed by atoms with van der Waals surface area (Å²) in [5.74, 6) is -0.594. The molecule has 0 saturated carbocycles. The zero-order chi connectivity index (χ0) is 26.2. The highest BCUT2D eigenvalue weighted by molar-refractivity contribution is 6.03. The molecule has 2 aliphatic heterocycles. The van der Waals surface area contributed by atoms with Gasteiger partial charge in [0.15, 0.2) is 11.6 Å². The van der Waals surface area contributed by atoms with Crippen LogP contribution in [0, 0.1) is 18.6 Å². The van der Waals surface area contributed by atoms with Crippen molar-refractivity contribution < 1.29 is 8.78 Å². The van der Waals surface area contributed by atoms with Gasteiger partial charge in [-0.2, -0.15) is 0 Å². The monoisotopic (exact) mass is 502 g/mol. The summed E-state index contributed by atoms with van der Waals surface area (Å²) in [6, 6.07) is 11.3. The third kappa shape index (κ3) is 4.74. The van der Waals surface area contributed by atoms with E-state index in [2.05, 4.69) is 65.7 Å². The van der Waals surface area contributed by atoms with Crippen molar-refractivity contribution in [3.05, 3.63) is 88.5 Å². The van der Waals surface area contributed by atoms with Crippen molar-refractivity contribution in [1.82, 2.24) is 14.5 Å². The lowest BCUT2D eigenvalue weighted by Crippen LogP contribution is -2.58. The molecule has 3 aromatic rings. The van der Waals surface area contributed by atoms with E-state index in [1.807, 2.05) is 13.3 Å². The van der Waals surface area contributed by atoms with Gasteiger partial charge in [0.1, 0.15) is 5.84 Å². The predicted octanol–water partition coefficient (Wildman–Crippen LogP) is 7.39. The average molecular weight is 503 g/mol. The molecule has 2 saturated heterocycles. The highest BCUT2D eigenvalue weighted by Gasteiger charge is 2.45. The predicted molar refractivity (Wildman–Crippen MR) is 146 cm³/mol. The van der Waals surface area contributed by atoms with Gasteiger partial charge in [-0.3, -0.25) is 4.99 Å². The highest BCUT2D eigenvalue weighted by atomic mass is 19.2. The molecule has 0 N–H and O–H groups in total. The van der Waals surface area contributed by atoms with Crippen LogP contribution >= 0.6 is 0 Å². The van der Waals surface area contributed by atoms with Crippen LogP contribution in [0.5, 0.6) is 0 Å². The summed E-state index contributed by atoms with van der Waals surface area (Å²) < 4.78 is 30.2. The Labute approximate surface area is 218 Å². The summed E-state index contributed by atoms with van der Waals surface area (Å²) in [6.45, 7) is 9.07. The van der Waals surface area contributed by atoms with Crippen molar-refractivity contribution in [3.8, 4) is 5.69 Å². The van der Waals surface area contributed by atoms with E-state index in [0.29, 0.717) is 12.6 Å². The Kier molecular flexibility index (Phi) is 7.02. The quantitative estimate of drug-likeness (QED) is 0.365. The molecule has 0 amide bonds. The van der Waals surface area contributed by atoms with Crippen LogP contribution in [0.1, 0.15) is 75.3 Å². The zero-order valence-corrected chi connectivity index (χ0v) is 22.3. The number of halogens is 2. The fourth-order valence-electron chi connectivity index (χ4n) is 6.17. The number of hydrogen-bond acceptors (Lipinski definition) is 2. The molecule has 3 heterocycles. The lowest BCUT2D eigenvalue weighted by Gasteiger charge is -2.54. The van der Waals surface area contributed by atoms with Crippen molar-refractivity contribution in [1.29, 1.82) is 0 Å². The number of aryl methyl sites for hydroxylation is 2. The fourth-order valence-corrected chi connectivity index (χ4v) is 6.17. The summed E-state index contributed by atoms with van der Waals surface area (Å²) in [6.07, 6.45) is 12.1. The van der Waals surface area contributed by atoms with E-state index < -0.39 is 17.2 Å². The number of nitrogens with zero attached hydrogens (tertiary/aromatic N) is 4. The third-order valence-corrected chi connectivity index (χ3v) is 8.02. The van der Waals surface area contributed by atoms with Gasteiger partial charge in [-0.1, -0.05) is 19.1 Å². The van der Waals surface area contributed by atoms with Gasteiger partial charge in [-0.15, -0.1) is 0 Å². The van der Waals surface area contributed by atoms with E-state index in [1.165, 1.54) is 23.3 Å². The second kappa shape index (κ2) is 10.2. The molecule has 2 unspecified atom stereocenters. The van der Waals surface area contributed by atoms with Crippen LogP contribution in [-0.2, 0) is 12.0 Å². The lowest BCUT2D eigenvalue weighted by atomic mass is 9.75. The van der Waals surface area contributed by atoms with Crippen LogP contribution in [0.2, 0.25) is 0 Å². The minimum atomic E-state index is -0.803. The van der Waals surface area contributed by atoms with E-state index in [-0.39, 0.29) is 0 Å². The average Bonchev–Trinajstić information content (AvgIpc) is 3.33. The summed E-state index contributed by atoms with van der Waals surface area (Å²) in [4.78, 5) is 11.8. The van der Waals surface area contributed by atoms with Gasteiger partial charge < -0.3 is 9.47 Å². The highest BCUT2D eigenvalue weighted by Crippen LogP contribution is 2.45. The van der Waals surface area contributed by atoms with Crippen LogP contribution in [0.15, 0.2) is 59.5 Å². The van der Waals surface area contributed by atoms with Gasteiger partial charge in [0.2, 0.25) is 0 Å². The number of aliphatic imine (C=N–C) groups is 1. The standard InChI is InChI=1S/C31H36F2N4/c1-5-23-16-22(9-14-29(23)36-19-21(3)35-20-36)17-24-10-12-26-8-7-15-31(4,37(26)30(24)34-6-2)25-11-13-27(32)28(33)18-25/h9,11,13-14,16-20,26H,5-8,10,12,15H2,1-4H3/b24-17+,34-30?. The minimum absolute atomic E-state index is 0.340. The number of benzene rings is 2. The van der Waals surface area contributed by atoms with Crippen molar-refractivity contribution in [2.24, 2.45) is 4.99 Å². The number of aromatic nitrogens is 2. The van der Waals surface area contributed by atoms with Gasteiger partial charge in [0.25, 0.3) is 0 Å². The van der Waals surface area contributed by atoms with Gasteiger partial charge in [-0.25, -0.2) is 13.8 Å². The minimum Gasteiger partial charge on any atom is -0.344 e. The molecule has 2 aromatic carbocycles. The Hall–Kier alpha value is -3.28. The van der Waals surface area contributed by atoms with Crippen LogP contribution < -0.4 is 0 Å². The Bertz CT molecular complexity index is 1350. The third-order valence-electron chi connectivity index (χ3n) is 8.02. The molecule has 5 rings (SSSR count). The fraction of sp³-hybridized carbons (Fsp3) is 0.419. The molecule has 2 aliphatic rings. The van der Waals surface area contributed by atoms with Crippen LogP contribution in [0.3, 0.4) is 0 Å². The Morgan fingerprint density at radius 1 is 1.11 bits per heavy atom. The molecule has 2 atom stereocenters. The molecule has 6 heteroatoms. The maximum Gasteiger partial charge on any atom is 0.159 e. The summed E-state index contributed by atoms with van der Waals surface area (Å²) >= 11 is 0. The van der Waals surface area contributed by atoms with E-state index in [1.54, 1.807) is 6.07 Å². The molecule has 4 nitrogen and oxygen atoms in total. The zero-order valence-electron chi connectivity index (χ0n) is 22.3. The Balaban J connectivity index is 1.55. The van der Waals surface area contributed by atoms with Crippen LogP contribution in [0.25, 0.3) is 11.8 Å². The normalized spacial score (nSPS) is 24.1. The lowest BCUT2D eigenvalue weighted by molar-refractivity contribution is 0.0680. The molecule has 1 aromatic heterocycles. The summed E-state index contributed by atoms with van der Waals surface area (Å²) in [5.41, 5.74) is 6.15. The van der Waals surface area contributed by atoms with Gasteiger partial charge >= 0.3 is 0 Å². The van der Waals surface area contributed by atoms with Gasteiger partial charge in [0.05, 0.1) is 17.6 Å². The first kappa shape index (κ1) is 25.4. The van der Waals surface area contributed by atoms with Gasteiger partial charge in [-0.05, 0) is 112 Å². The number of amidine groups is 1. The van der Waals surface area contributed by atoms with Crippen LogP contribution in [0.4, 0.5) is 8.78 Å². The molecule has 0 bridgehead atoms. The molecule has 0 radical (unpaired) electrons. The first-order valence-electron chi connectivity index (χ1n) is 13.5. The van der Waals surface area contributed by atoms with Crippen molar-refractivity contribution in [2.75, 3.05) is 6.54 Å². The number of rotatable bonds is 5. The number of imidazole rings is 1. The van der Waals surface area contributed by atoms with Crippen molar-refractivity contribution in [2.45, 2.75) is 77.8 Å². The number of piperidine rings is 2. The van der Waals surface area contributed by atoms with E-state index >= 15 is 0 Å². The SMILES string of the molecule is CCN=C1/C(=C/c2ccc(-n3cnc(C)c3)c(CC)c2)CCC2CCCC(C)(c3ccc(F)c(F)c3)N12. The molecule has 0 aliphatic carbocycles. The number of fused-ring (bicyclic) bond motifs is 1. The maximum atomic E-state index is 14.3. The molecule has 2 fully saturated rings. The summed E-state index contributed by atoms with van der Waals surface area (Å²) in [5, 5.41) is 0. The molecule has 37 heavy (non-hydrogen) atoms. The van der Waals surface area contributed by atoms with E-state index in [0.717, 1.165) is 66.9 Å². The van der Waals surface area contributed by atoms with Crippen molar-refractivity contribution >= 4 is 11.9 Å². The van der Waals surface area contributed by atoms with Gasteiger partial charge in [0, 0.05) is 24.5 Å². The molecular weight excluding hydrogens is 466 g/mol. The Morgan fingerprint density at radius 3 is 2.65 bits per heavy atom. The van der Waals surface area contributed by atoms with Crippen molar-refractivity contribution in [3.63, 3.8) is 0 Å². The van der Waals surface area contributed by atoms with E-state index in [9.17, 15) is 8.78 Å². The smallest absolute Gasteiger partial charge is 0.159 e. The molecule has 0 spiro atoms. The number of hydrogen-bond donors (Lipinski definition) is 0. The summed E-state index contributed by atoms with van der Waals surface area (Å²) in [7, 11) is 0.